The average molecular weight is 1030 g/mol. The van der Waals surface area contributed by atoms with E-state index in [1.165, 1.54) is 141 Å². The van der Waals surface area contributed by atoms with Crippen LogP contribution in [0.1, 0.15) is 258 Å². The van der Waals surface area contributed by atoms with E-state index in [1.807, 2.05) is 30.4 Å². The highest BCUT2D eigenvalue weighted by Gasteiger charge is 2.47. The Hall–Kier alpha value is -2.64. The third-order valence-electron chi connectivity index (χ3n) is 14.0. The Morgan fingerprint density at radius 1 is 0.548 bits per heavy atom. The Labute approximate surface area is 446 Å². The van der Waals surface area contributed by atoms with E-state index in [-0.39, 0.29) is 19.4 Å². The molecule has 0 bridgehead atoms. The summed E-state index contributed by atoms with van der Waals surface area (Å²) >= 11 is 0. The molecule has 0 spiro atoms. The first-order chi connectivity index (χ1) is 35.7. The molecule has 8 unspecified atom stereocenters. The fraction of sp³-hybridized carbons (Fsp3) is 0.806. The van der Waals surface area contributed by atoms with Crippen molar-refractivity contribution in [2.24, 2.45) is 0 Å². The van der Waals surface area contributed by atoms with Gasteiger partial charge in [0.2, 0.25) is 5.91 Å². The van der Waals surface area contributed by atoms with Crippen LogP contribution in [0.2, 0.25) is 0 Å². The van der Waals surface area contributed by atoms with E-state index in [1.54, 1.807) is 6.08 Å². The van der Waals surface area contributed by atoms with Crippen molar-refractivity contribution < 1.29 is 49.3 Å². The molecule has 11 heteroatoms. The monoisotopic (exact) mass is 1030 g/mol. The van der Waals surface area contributed by atoms with Crippen molar-refractivity contribution in [3.8, 4) is 0 Å². The number of nitrogens with one attached hydrogen (secondary N) is 1. The van der Waals surface area contributed by atoms with Crippen LogP contribution >= 0.6 is 0 Å². The molecule has 1 rings (SSSR count). The molecule has 73 heavy (non-hydrogen) atoms. The Morgan fingerprint density at radius 2 is 1.00 bits per heavy atom. The zero-order valence-electron chi connectivity index (χ0n) is 46.7. The van der Waals surface area contributed by atoms with E-state index in [4.69, 9.17) is 14.2 Å². The van der Waals surface area contributed by atoms with Gasteiger partial charge in [-0.1, -0.05) is 242 Å². The molecule has 0 saturated carbocycles. The van der Waals surface area contributed by atoms with Gasteiger partial charge >= 0.3 is 5.97 Å². The van der Waals surface area contributed by atoms with Crippen molar-refractivity contribution in [1.29, 1.82) is 0 Å². The van der Waals surface area contributed by atoms with Gasteiger partial charge in [0.1, 0.15) is 24.4 Å². The summed E-state index contributed by atoms with van der Waals surface area (Å²) in [6.45, 7) is 5.64. The molecular formula is C62H111NO10. The largest absolute Gasteiger partial charge is 0.454 e. The highest BCUT2D eigenvalue weighted by molar-refractivity contribution is 5.80. The average Bonchev–Trinajstić information content (AvgIpc) is 3.39. The lowest BCUT2D eigenvalue weighted by molar-refractivity contribution is -0.305. The molecular weight excluding hydrogens is 919 g/mol. The first-order valence-corrected chi connectivity index (χ1v) is 30.1. The predicted molar refractivity (Wildman–Crippen MR) is 301 cm³/mol. The molecule has 0 aliphatic carbocycles. The van der Waals surface area contributed by atoms with Crippen LogP contribution in [-0.4, -0.2) is 99.6 Å². The zero-order valence-corrected chi connectivity index (χ0v) is 46.7. The van der Waals surface area contributed by atoms with Crippen LogP contribution in [0.3, 0.4) is 0 Å². The first kappa shape index (κ1) is 68.4. The number of aliphatic hydroxyl groups excluding tert-OH is 5. The van der Waals surface area contributed by atoms with Crippen molar-refractivity contribution in [3.05, 3.63) is 60.8 Å². The molecule has 8 atom stereocenters. The van der Waals surface area contributed by atoms with Gasteiger partial charge in [0, 0.05) is 6.42 Å². The summed E-state index contributed by atoms with van der Waals surface area (Å²) in [4.78, 5) is 26.5. The minimum Gasteiger partial charge on any atom is -0.454 e. The van der Waals surface area contributed by atoms with E-state index in [9.17, 15) is 35.1 Å². The fourth-order valence-corrected chi connectivity index (χ4v) is 9.18. The van der Waals surface area contributed by atoms with E-state index < -0.39 is 67.4 Å². The van der Waals surface area contributed by atoms with Gasteiger partial charge in [-0.05, 0) is 70.6 Å². The Bertz CT molecular complexity index is 1420. The summed E-state index contributed by atoms with van der Waals surface area (Å²) in [5.41, 5.74) is 0. The molecule has 1 fully saturated rings. The van der Waals surface area contributed by atoms with Crippen LogP contribution < -0.4 is 5.32 Å². The molecule has 6 N–H and O–H groups in total. The number of allylic oxidation sites excluding steroid dienone is 9. The molecule has 424 valence electrons. The van der Waals surface area contributed by atoms with Gasteiger partial charge in [0.25, 0.3) is 0 Å². The normalized spacial score (nSPS) is 19.8. The van der Waals surface area contributed by atoms with Crippen LogP contribution in [0.4, 0.5) is 0 Å². The van der Waals surface area contributed by atoms with Crippen molar-refractivity contribution in [3.63, 3.8) is 0 Å². The number of rotatable bonds is 50. The SMILES string of the molecule is CC/C=C/C=C/C=C\CCCCCCC(O)C(=O)NC(COC1OC(CO)C(O)C(O)C1OC(=O)CCCCCCCCCCC/C=C/CCCCCCCC)C(O)/C=C/CCCCCCCCCCCCC. The molecule has 0 aromatic heterocycles. The lowest BCUT2D eigenvalue weighted by Gasteiger charge is -2.41. The van der Waals surface area contributed by atoms with Crippen LogP contribution in [0.5, 0.6) is 0 Å². The van der Waals surface area contributed by atoms with Gasteiger partial charge in [0.15, 0.2) is 12.4 Å². The van der Waals surface area contributed by atoms with Crippen molar-refractivity contribution in [2.45, 2.75) is 307 Å². The topological polar surface area (TPSA) is 175 Å². The number of unbranched alkanes of at least 4 members (excludes halogenated alkanes) is 30. The second-order valence-electron chi connectivity index (χ2n) is 20.8. The molecule has 11 nitrogen and oxygen atoms in total. The lowest BCUT2D eigenvalue weighted by atomic mass is 9.99. The third-order valence-corrected chi connectivity index (χ3v) is 14.0. The van der Waals surface area contributed by atoms with Gasteiger partial charge in [-0.15, -0.1) is 0 Å². The van der Waals surface area contributed by atoms with Crippen molar-refractivity contribution in [1.82, 2.24) is 5.32 Å². The Balaban J connectivity index is 2.69. The highest BCUT2D eigenvalue weighted by atomic mass is 16.7. The maximum atomic E-state index is 13.4. The molecule has 1 aliphatic heterocycles. The minimum atomic E-state index is -1.62. The number of carbonyl (C=O) groups is 2. The standard InChI is InChI=1S/C62H111NO10/c1-4-7-10-13-16-19-22-25-26-27-28-29-30-32-35-38-41-44-47-50-57(67)73-60-59(69)58(68)56(51-64)72-62(60)71-52-53(54(65)48-45-42-39-36-34-31-23-20-17-14-11-8-5-2)63-61(70)55(66)49-46-43-40-37-33-24-21-18-15-12-9-6-3/h9,12,15,18,21,24-26,45,48,53-56,58-60,62,64-66,68-69H,4-8,10-11,13-14,16-17,19-20,22-23,27-44,46-47,49-52H2,1-3H3,(H,63,70)/b12-9+,18-15+,24-21-,26-25+,48-45+. The Morgan fingerprint density at radius 3 is 1.51 bits per heavy atom. The van der Waals surface area contributed by atoms with Crippen molar-refractivity contribution >= 4 is 11.9 Å². The predicted octanol–water partition coefficient (Wildman–Crippen LogP) is 13.8. The lowest BCUT2D eigenvalue weighted by Crippen LogP contribution is -2.61. The zero-order chi connectivity index (χ0) is 53.3. The number of carbonyl (C=O) groups excluding carboxylic acids is 2. The Kier molecular flexibility index (Phi) is 47.0. The number of hydrogen-bond donors (Lipinski definition) is 6. The maximum Gasteiger partial charge on any atom is 0.306 e. The maximum absolute atomic E-state index is 13.4. The van der Waals surface area contributed by atoms with E-state index in [2.05, 4.69) is 50.4 Å². The van der Waals surface area contributed by atoms with Gasteiger partial charge in [0.05, 0.1) is 25.4 Å². The number of esters is 1. The van der Waals surface area contributed by atoms with Gasteiger partial charge in [-0.25, -0.2) is 0 Å². The van der Waals surface area contributed by atoms with Crippen LogP contribution in [0, 0.1) is 0 Å². The van der Waals surface area contributed by atoms with E-state index >= 15 is 0 Å². The van der Waals surface area contributed by atoms with Crippen molar-refractivity contribution in [2.75, 3.05) is 13.2 Å². The summed E-state index contributed by atoms with van der Waals surface area (Å²) in [6, 6.07) is -1.03. The molecule has 1 amide bonds. The van der Waals surface area contributed by atoms with Gasteiger partial charge in [-0.3, -0.25) is 9.59 Å². The second-order valence-corrected chi connectivity index (χ2v) is 20.8. The molecule has 0 aromatic carbocycles. The highest BCUT2D eigenvalue weighted by Crippen LogP contribution is 2.26. The van der Waals surface area contributed by atoms with E-state index in [0.717, 1.165) is 70.6 Å². The smallest absolute Gasteiger partial charge is 0.306 e. The van der Waals surface area contributed by atoms with Crippen LogP contribution in [-0.2, 0) is 23.8 Å². The summed E-state index contributed by atoms with van der Waals surface area (Å²) in [6.07, 6.45) is 51.2. The molecule has 1 heterocycles. The quantitative estimate of drug-likeness (QED) is 0.0149. The molecule has 1 aliphatic rings. The van der Waals surface area contributed by atoms with Crippen LogP contribution in [0.25, 0.3) is 0 Å². The fourth-order valence-electron chi connectivity index (χ4n) is 9.18. The third kappa shape index (κ3) is 38.5. The summed E-state index contributed by atoms with van der Waals surface area (Å²) < 4.78 is 17.6. The van der Waals surface area contributed by atoms with E-state index in [0.29, 0.717) is 12.8 Å². The molecule has 1 saturated heterocycles. The minimum absolute atomic E-state index is 0.118. The number of amides is 1. The van der Waals surface area contributed by atoms with Gasteiger partial charge < -0.3 is 45.1 Å². The number of aliphatic hydroxyl groups is 5. The summed E-state index contributed by atoms with van der Waals surface area (Å²) in [5, 5.41) is 56.8. The van der Waals surface area contributed by atoms with Crippen LogP contribution in [0.15, 0.2) is 60.8 Å². The summed E-state index contributed by atoms with van der Waals surface area (Å²) in [7, 11) is 0. The molecule has 0 aromatic rings. The molecule has 0 radical (unpaired) electrons. The first-order valence-electron chi connectivity index (χ1n) is 30.1. The van der Waals surface area contributed by atoms with Gasteiger partial charge in [-0.2, -0.15) is 0 Å². The second kappa shape index (κ2) is 50.2. The number of ether oxygens (including phenoxy) is 3. The number of hydrogen-bond acceptors (Lipinski definition) is 10. The summed E-state index contributed by atoms with van der Waals surface area (Å²) in [5.74, 6) is -1.22.